The minimum atomic E-state index is -0.182. The van der Waals surface area contributed by atoms with E-state index in [9.17, 15) is 9.59 Å². The van der Waals surface area contributed by atoms with Gasteiger partial charge in [0.25, 0.3) is 5.56 Å². The molecule has 3 rings (SSSR count). The number of hydrogen-bond donors (Lipinski definition) is 1. The van der Waals surface area contributed by atoms with Crippen molar-refractivity contribution in [1.29, 1.82) is 0 Å². The van der Waals surface area contributed by atoms with E-state index in [1.165, 1.54) is 30.0 Å². The maximum atomic E-state index is 12.2. The van der Waals surface area contributed by atoms with E-state index >= 15 is 0 Å². The van der Waals surface area contributed by atoms with Crippen LogP contribution in [0, 0.1) is 5.92 Å². The molecule has 2 atom stereocenters. The normalized spacial score (nSPS) is 20.2. The molecule has 0 spiro atoms. The molecule has 0 radical (unpaired) electrons. The van der Waals surface area contributed by atoms with Crippen molar-refractivity contribution >= 4 is 5.91 Å². The third-order valence-corrected chi connectivity index (χ3v) is 4.94. The number of nitrogens with one attached hydrogen (secondary N) is 1. The molecule has 0 saturated heterocycles. The smallest absolute Gasteiger partial charge is 0.266 e. The Morgan fingerprint density at radius 3 is 2.68 bits per heavy atom. The number of amides is 1. The number of aromatic nitrogens is 2. The lowest BCUT2D eigenvalue weighted by Crippen LogP contribution is -2.41. The van der Waals surface area contributed by atoms with E-state index in [-0.39, 0.29) is 23.9 Å². The molecule has 0 aliphatic heterocycles. The molecule has 5 heteroatoms. The number of nitrogens with zero attached hydrogens (tertiary/aromatic N) is 2. The summed E-state index contributed by atoms with van der Waals surface area (Å²) in [6, 6.07) is 13.2. The molecule has 1 N–H and O–H groups in total. The van der Waals surface area contributed by atoms with Gasteiger partial charge in [0.2, 0.25) is 5.91 Å². The second-order valence-electron chi connectivity index (χ2n) is 6.83. The van der Waals surface area contributed by atoms with E-state index in [0.717, 1.165) is 17.7 Å². The Hall–Kier alpha value is -2.43. The fourth-order valence-electron chi connectivity index (χ4n) is 3.39. The van der Waals surface area contributed by atoms with Gasteiger partial charge in [-0.2, -0.15) is 5.10 Å². The zero-order valence-corrected chi connectivity index (χ0v) is 14.6. The number of aryl methyl sites for hydroxylation is 1. The van der Waals surface area contributed by atoms with Crippen LogP contribution in [0.5, 0.6) is 0 Å². The molecule has 0 bridgehead atoms. The summed E-state index contributed by atoms with van der Waals surface area (Å²) < 4.78 is 1.38. The maximum Gasteiger partial charge on any atom is 0.266 e. The summed E-state index contributed by atoms with van der Waals surface area (Å²) in [6.07, 6.45) is 4.92. The van der Waals surface area contributed by atoms with Gasteiger partial charge in [0.1, 0.15) is 0 Å². The molecule has 1 aliphatic carbocycles. The Kier molecular flexibility index (Phi) is 5.64. The maximum absolute atomic E-state index is 12.2. The fraction of sp³-hybridized carbons (Fsp3) is 0.450. The van der Waals surface area contributed by atoms with E-state index in [0.29, 0.717) is 12.5 Å². The van der Waals surface area contributed by atoms with Crippen molar-refractivity contribution < 1.29 is 4.79 Å². The Bertz CT molecular complexity index is 770. The molecule has 1 saturated carbocycles. The van der Waals surface area contributed by atoms with E-state index in [2.05, 4.69) is 17.3 Å². The summed E-state index contributed by atoms with van der Waals surface area (Å²) in [5.41, 5.74) is 1.51. The van der Waals surface area contributed by atoms with Gasteiger partial charge in [-0.1, -0.05) is 50.1 Å². The van der Waals surface area contributed by atoms with E-state index in [1.54, 1.807) is 6.07 Å². The van der Waals surface area contributed by atoms with Crippen molar-refractivity contribution in [2.75, 3.05) is 0 Å². The van der Waals surface area contributed by atoms with Crippen LogP contribution in [-0.2, 0) is 11.3 Å². The first-order chi connectivity index (χ1) is 12.1. The van der Waals surface area contributed by atoms with Crippen LogP contribution < -0.4 is 10.9 Å². The monoisotopic (exact) mass is 339 g/mol. The molecule has 1 amide bonds. The molecular formula is C20H25N3O2. The summed E-state index contributed by atoms with van der Waals surface area (Å²) in [4.78, 5) is 24.3. The van der Waals surface area contributed by atoms with Crippen LogP contribution in [0.2, 0.25) is 0 Å². The summed E-state index contributed by atoms with van der Waals surface area (Å²) in [5, 5.41) is 7.52. The third kappa shape index (κ3) is 4.56. The van der Waals surface area contributed by atoms with Crippen LogP contribution in [0.1, 0.15) is 39.0 Å². The molecule has 1 fully saturated rings. The minimum Gasteiger partial charge on any atom is -0.353 e. The van der Waals surface area contributed by atoms with E-state index < -0.39 is 0 Å². The third-order valence-electron chi connectivity index (χ3n) is 4.94. The van der Waals surface area contributed by atoms with Crippen molar-refractivity contribution in [3.63, 3.8) is 0 Å². The molecule has 1 aromatic carbocycles. The minimum absolute atomic E-state index is 0.00226. The van der Waals surface area contributed by atoms with Gasteiger partial charge in [-0.05, 0) is 24.8 Å². The molecule has 1 aromatic heterocycles. The predicted octanol–water partition coefficient (Wildman–Crippen LogP) is 3.00. The number of hydrogen-bond acceptors (Lipinski definition) is 3. The molecule has 25 heavy (non-hydrogen) atoms. The largest absolute Gasteiger partial charge is 0.353 e. The number of rotatable bonds is 5. The van der Waals surface area contributed by atoms with Crippen molar-refractivity contribution in [3.8, 4) is 11.3 Å². The molecule has 1 heterocycles. The highest BCUT2D eigenvalue weighted by molar-refractivity contribution is 5.76. The van der Waals surface area contributed by atoms with Crippen LogP contribution >= 0.6 is 0 Å². The first-order valence-corrected chi connectivity index (χ1v) is 9.06. The molecule has 5 nitrogen and oxygen atoms in total. The molecular weight excluding hydrogens is 314 g/mol. The first-order valence-electron chi connectivity index (χ1n) is 9.06. The van der Waals surface area contributed by atoms with Crippen molar-refractivity contribution in [2.45, 2.75) is 51.6 Å². The van der Waals surface area contributed by atoms with Crippen LogP contribution in [0.25, 0.3) is 11.3 Å². The van der Waals surface area contributed by atoms with Crippen molar-refractivity contribution in [1.82, 2.24) is 15.1 Å². The molecule has 2 unspecified atom stereocenters. The Morgan fingerprint density at radius 1 is 1.16 bits per heavy atom. The summed E-state index contributed by atoms with van der Waals surface area (Å²) in [5.74, 6) is 0.525. The highest BCUT2D eigenvalue weighted by Gasteiger charge is 2.22. The molecule has 1 aliphatic rings. The second kappa shape index (κ2) is 8.10. The van der Waals surface area contributed by atoms with Gasteiger partial charge < -0.3 is 5.32 Å². The standard InChI is InChI=1S/C20H25N3O2/c1-15-7-5-6-10-17(15)21-19(24)13-14-23-20(25)12-11-18(22-23)16-8-3-2-4-9-16/h2-4,8-9,11-12,15,17H,5-7,10,13-14H2,1H3,(H,21,24). The Balaban J connectivity index is 1.62. The highest BCUT2D eigenvalue weighted by Crippen LogP contribution is 2.23. The van der Waals surface area contributed by atoms with Gasteiger partial charge in [-0.25, -0.2) is 4.68 Å². The van der Waals surface area contributed by atoms with Gasteiger partial charge in [0.05, 0.1) is 12.2 Å². The fourth-order valence-corrected chi connectivity index (χ4v) is 3.39. The van der Waals surface area contributed by atoms with Crippen LogP contribution in [0.15, 0.2) is 47.3 Å². The second-order valence-corrected chi connectivity index (χ2v) is 6.83. The van der Waals surface area contributed by atoms with Gasteiger partial charge >= 0.3 is 0 Å². The number of carbonyl (C=O) groups excluding carboxylic acids is 1. The zero-order chi connectivity index (χ0) is 17.6. The quantitative estimate of drug-likeness (QED) is 0.911. The first kappa shape index (κ1) is 17.4. The average Bonchev–Trinajstić information content (AvgIpc) is 2.64. The summed E-state index contributed by atoms with van der Waals surface area (Å²) in [7, 11) is 0. The summed E-state index contributed by atoms with van der Waals surface area (Å²) >= 11 is 0. The Labute approximate surface area is 148 Å². The van der Waals surface area contributed by atoms with Crippen LogP contribution in [0.3, 0.4) is 0 Å². The topological polar surface area (TPSA) is 64.0 Å². The van der Waals surface area contributed by atoms with Gasteiger partial charge in [-0.3, -0.25) is 9.59 Å². The van der Waals surface area contributed by atoms with Gasteiger partial charge in [0.15, 0.2) is 0 Å². The van der Waals surface area contributed by atoms with E-state index in [1.807, 2.05) is 30.3 Å². The van der Waals surface area contributed by atoms with Crippen LogP contribution in [-0.4, -0.2) is 21.7 Å². The molecule has 2 aromatic rings. The lowest BCUT2D eigenvalue weighted by atomic mass is 9.86. The van der Waals surface area contributed by atoms with Crippen LogP contribution in [0.4, 0.5) is 0 Å². The number of carbonyl (C=O) groups is 1. The van der Waals surface area contributed by atoms with Gasteiger partial charge in [0, 0.05) is 24.1 Å². The average molecular weight is 339 g/mol. The number of benzene rings is 1. The van der Waals surface area contributed by atoms with E-state index in [4.69, 9.17) is 0 Å². The lowest BCUT2D eigenvalue weighted by Gasteiger charge is -2.29. The predicted molar refractivity (Wildman–Crippen MR) is 98.1 cm³/mol. The highest BCUT2D eigenvalue weighted by atomic mass is 16.2. The molecule has 132 valence electrons. The Morgan fingerprint density at radius 2 is 1.92 bits per heavy atom. The van der Waals surface area contributed by atoms with Gasteiger partial charge in [-0.15, -0.1) is 0 Å². The zero-order valence-electron chi connectivity index (χ0n) is 14.6. The summed E-state index contributed by atoms with van der Waals surface area (Å²) in [6.45, 7) is 2.49. The lowest BCUT2D eigenvalue weighted by molar-refractivity contribution is -0.122. The SMILES string of the molecule is CC1CCCCC1NC(=O)CCn1nc(-c2ccccc2)ccc1=O. The van der Waals surface area contributed by atoms with Crippen molar-refractivity contribution in [3.05, 3.63) is 52.8 Å². The van der Waals surface area contributed by atoms with Crippen molar-refractivity contribution in [2.24, 2.45) is 5.92 Å².